The van der Waals surface area contributed by atoms with Crippen LogP contribution in [0.15, 0.2) is 24.3 Å². The van der Waals surface area contributed by atoms with Gasteiger partial charge in [-0.1, -0.05) is 0 Å². The normalized spacial score (nSPS) is 10.1. The van der Waals surface area contributed by atoms with Crippen molar-refractivity contribution in [3.8, 4) is 0 Å². The quantitative estimate of drug-likeness (QED) is 0.476. The number of amides is 4. The van der Waals surface area contributed by atoms with Crippen molar-refractivity contribution in [2.24, 2.45) is 11.5 Å². The molecule has 0 bridgehead atoms. The highest BCUT2D eigenvalue weighted by Crippen LogP contribution is 2.30. The molecule has 12 nitrogen and oxygen atoms in total. The van der Waals surface area contributed by atoms with Gasteiger partial charge in [-0.05, 0) is 24.3 Å². The molecule has 0 radical (unpaired) electrons. The summed E-state index contributed by atoms with van der Waals surface area (Å²) in [5.74, 6) is -5.53. The lowest BCUT2D eigenvalue weighted by Gasteiger charge is -2.15. The first-order valence-corrected chi connectivity index (χ1v) is 8.19. The Labute approximate surface area is 168 Å². The lowest BCUT2D eigenvalue weighted by molar-refractivity contribution is -0.147. The average molecular weight is 416 g/mol. The maximum atomic E-state index is 12.5. The van der Waals surface area contributed by atoms with E-state index in [2.05, 4.69) is 9.68 Å². The number of hydroxylamine groups is 2. The van der Waals surface area contributed by atoms with E-state index in [9.17, 15) is 28.8 Å². The van der Waals surface area contributed by atoms with Gasteiger partial charge in [0.2, 0.25) is 11.8 Å². The van der Waals surface area contributed by atoms with Gasteiger partial charge >= 0.3 is 11.9 Å². The molecule has 0 saturated carbocycles. The van der Waals surface area contributed by atoms with Crippen molar-refractivity contribution < 1.29 is 38.4 Å². The largest absolute Gasteiger partial charge is 0.366 e. The summed E-state index contributed by atoms with van der Waals surface area (Å²) in [4.78, 5) is 79.7. The van der Waals surface area contributed by atoms with Crippen molar-refractivity contribution in [2.75, 3.05) is 0 Å². The first-order valence-electron chi connectivity index (χ1n) is 8.19. The van der Waals surface area contributed by atoms with E-state index in [0.29, 0.717) is 0 Å². The summed E-state index contributed by atoms with van der Waals surface area (Å²) in [6.07, 6.45) is 0. The molecule has 0 fully saturated rings. The highest BCUT2D eigenvalue weighted by Gasteiger charge is 2.25. The van der Waals surface area contributed by atoms with E-state index in [-0.39, 0.29) is 33.0 Å². The molecule has 0 aliphatic heterocycles. The molecule has 0 atom stereocenters. The van der Waals surface area contributed by atoms with E-state index in [1.165, 1.54) is 0 Å². The van der Waals surface area contributed by atoms with E-state index < -0.39 is 35.6 Å². The molecule has 6 N–H and O–H groups in total. The summed E-state index contributed by atoms with van der Waals surface area (Å²) in [6.45, 7) is 2.09. The molecular weight excluding hydrogens is 400 g/mol. The predicted octanol–water partition coefficient (Wildman–Crippen LogP) is -0.547. The van der Waals surface area contributed by atoms with Gasteiger partial charge in [-0.15, -0.1) is 0 Å². The minimum Gasteiger partial charge on any atom is -0.366 e. The maximum Gasteiger partial charge on any atom is 0.329 e. The number of primary amides is 2. The van der Waals surface area contributed by atoms with Crippen molar-refractivity contribution >= 4 is 46.3 Å². The summed E-state index contributed by atoms with van der Waals surface area (Å²) < 4.78 is 0. The number of rotatable bonds is 4. The zero-order valence-corrected chi connectivity index (χ0v) is 15.7. The Kier molecular flexibility index (Phi) is 6.32. The second-order valence-electron chi connectivity index (χ2n) is 5.85. The first-order chi connectivity index (χ1) is 14.0. The van der Waals surface area contributed by atoms with Crippen molar-refractivity contribution in [3.05, 3.63) is 46.5 Å². The van der Waals surface area contributed by atoms with Crippen LogP contribution in [-0.2, 0) is 19.3 Å². The molecule has 0 saturated heterocycles. The Morgan fingerprint density at radius 3 is 1.20 bits per heavy atom. The van der Waals surface area contributed by atoms with Crippen molar-refractivity contribution in [3.63, 3.8) is 0 Å². The van der Waals surface area contributed by atoms with E-state index in [4.69, 9.17) is 11.5 Å². The van der Waals surface area contributed by atoms with Gasteiger partial charge in [-0.25, -0.2) is 0 Å². The highest BCUT2D eigenvalue weighted by molar-refractivity contribution is 6.24. The number of hydrogen-bond donors (Lipinski definition) is 4. The molecule has 0 aliphatic carbocycles. The molecule has 2 aromatic carbocycles. The van der Waals surface area contributed by atoms with Crippen molar-refractivity contribution in [1.29, 1.82) is 0 Å². The number of fused-ring (bicyclic) bond motifs is 1. The van der Waals surface area contributed by atoms with Crippen LogP contribution in [0.25, 0.3) is 10.8 Å². The molecule has 0 aliphatic rings. The lowest BCUT2D eigenvalue weighted by atomic mass is 9.90. The minimum absolute atomic E-state index is 0.195. The maximum absolute atomic E-state index is 12.5. The van der Waals surface area contributed by atoms with Gasteiger partial charge in [0.25, 0.3) is 11.8 Å². The molecule has 0 spiro atoms. The Balaban J connectivity index is 2.84. The van der Waals surface area contributed by atoms with Crippen LogP contribution in [0.5, 0.6) is 0 Å². The summed E-state index contributed by atoms with van der Waals surface area (Å²) >= 11 is 0. The third-order valence-electron chi connectivity index (χ3n) is 3.76. The smallest absolute Gasteiger partial charge is 0.329 e. The van der Waals surface area contributed by atoms with E-state index in [1.807, 2.05) is 11.0 Å². The van der Waals surface area contributed by atoms with Crippen LogP contribution in [0.3, 0.4) is 0 Å². The average Bonchev–Trinajstić information content (AvgIpc) is 2.67. The molecule has 0 aromatic heterocycles. The summed E-state index contributed by atoms with van der Waals surface area (Å²) in [7, 11) is 0. The van der Waals surface area contributed by atoms with Crippen LogP contribution in [0, 0.1) is 0 Å². The van der Waals surface area contributed by atoms with Crippen molar-refractivity contribution in [1.82, 2.24) is 11.0 Å². The van der Waals surface area contributed by atoms with Crippen LogP contribution >= 0.6 is 0 Å². The van der Waals surface area contributed by atoms with Crippen LogP contribution < -0.4 is 22.4 Å². The standard InChI is InChI=1S/C18H16N4O8/c1-7(23)29-21-17(27)11-5-6-12(18(28)22-30-8(2)24)14-10(16(20)26)4-3-9(13(11)14)15(19)25/h3-6H,1-2H3,(H2,19,25)(H2,20,26)(H,21,27)(H,22,28). The number of hydrogen-bond acceptors (Lipinski definition) is 8. The number of nitrogens with two attached hydrogens (primary N) is 2. The predicted molar refractivity (Wildman–Crippen MR) is 99.4 cm³/mol. The molecule has 2 aromatic rings. The Bertz CT molecular complexity index is 1020. The van der Waals surface area contributed by atoms with Crippen molar-refractivity contribution in [2.45, 2.75) is 13.8 Å². The van der Waals surface area contributed by atoms with Gasteiger partial charge in [0.15, 0.2) is 0 Å². The van der Waals surface area contributed by atoms with E-state index in [1.54, 1.807) is 0 Å². The SMILES string of the molecule is CC(=O)ONC(=O)c1ccc(C(=O)NOC(C)=O)c2c(C(N)=O)ccc(C(N)=O)c12. The van der Waals surface area contributed by atoms with Gasteiger partial charge in [0.1, 0.15) is 0 Å². The fourth-order valence-corrected chi connectivity index (χ4v) is 2.63. The monoisotopic (exact) mass is 416 g/mol. The zero-order chi connectivity index (χ0) is 22.6. The van der Waals surface area contributed by atoms with Gasteiger partial charge in [-0.2, -0.15) is 11.0 Å². The number of benzene rings is 2. The topological polar surface area (TPSA) is 197 Å². The Morgan fingerprint density at radius 1 is 0.633 bits per heavy atom. The van der Waals surface area contributed by atoms with E-state index >= 15 is 0 Å². The van der Waals surface area contributed by atoms with Gasteiger partial charge in [-0.3, -0.25) is 28.8 Å². The lowest BCUT2D eigenvalue weighted by Crippen LogP contribution is -2.29. The minimum atomic E-state index is -0.977. The Morgan fingerprint density at radius 2 is 0.933 bits per heavy atom. The number of carbonyl (C=O) groups excluding carboxylic acids is 6. The molecular formula is C18H16N4O8. The third-order valence-corrected chi connectivity index (χ3v) is 3.76. The molecule has 4 amide bonds. The molecule has 30 heavy (non-hydrogen) atoms. The molecule has 0 heterocycles. The van der Waals surface area contributed by atoms with Gasteiger partial charge in [0.05, 0.1) is 11.1 Å². The molecule has 2 rings (SSSR count). The van der Waals surface area contributed by atoms with Gasteiger partial charge < -0.3 is 21.1 Å². The van der Waals surface area contributed by atoms with E-state index in [0.717, 1.165) is 38.1 Å². The number of carbonyl (C=O) groups is 6. The third kappa shape index (κ3) is 4.49. The first kappa shape index (κ1) is 21.8. The molecule has 156 valence electrons. The van der Waals surface area contributed by atoms with Gasteiger partial charge in [0, 0.05) is 35.7 Å². The summed E-state index contributed by atoms with van der Waals surface area (Å²) in [5.41, 5.74) is 13.6. The van der Waals surface area contributed by atoms with Crippen LogP contribution in [0.1, 0.15) is 55.3 Å². The second kappa shape index (κ2) is 8.68. The molecule has 12 heteroatoms. The van der Waals surface area contributed by atoms with Crippen LogP contribution in [-0.4, -0.2) is 35.6 Å². The van der Waals surface area contributed by atoms with Crippen LogP contribution in [0.4, 0.5) is 0 Å². The second-order valence-corrected chi connectivity index (χ2v) is 5.85. The molecule has 0 unspecified atom stereocenters. The fourth-order valence-electron chi connectivity index (χ4n) is 2.63. The fraction of sp³-hybridized carbons (Fsp3) is 0.111. The summed E-state index contributed by atoms with van der Waals surface area (Å²) in [5, 5.41) is -0.391. The van der Waals surface area contributed by atoms with Crippen LogP contribution in [0.2, 0.25) is 0 Å². The Hall–Kier alpha value is -4.48. The highest BCUT2D eigenvalue weighted by atomic mass is 16.7. The summed E-state index contributed by atoms with van der Waals surface area (Å²) in [6, 6.07) is 4.56. The zero-order valence-electron chi connectivity index (χ0n) is 15.7. The number of nitrogens with one attached hydrogen (secondary N) is 2.